The zero-order chi connectivity index (χ0) is 27.7. The molecule has 0 bridgehead atoms. The second kappa shape index (κ2) is 10.4. The van der Waals surface area contributed by atoms with Crippen molar-refractivity contribution >= 4 is 16.8 Å². The SMILES string of the molecule is C[C@H](Oc1ccc(-c2nc(-c3cccc4c3ccn4CC(=O)NCCN)no2)cc1C(F)(F)F)C(F)(F)F. The Labute approximate surface area is 211 Å². The molecular formula is C24H21F6N5O3. The fourth-order valence-corrected chi connectivity index (χ4v) is 3.67. The van der Waals surface area contributed by atoms with E-state index in [-0.39, 0.29) is 29.7 Å². The Bertz CT molecular complexity index is 1440. The first-order valence-corrected chi connectivity index (χ1v) is 11.2. The van der Waals surface area contributed by atoms with Crippen LogP contribution in [0, 0.1) is 0 Å². The summed E-state index contributed by atoms with van der Waals surface area (Å²) >= 11 is 0. The van der Waals surface area contributed by atoms with E-state index in [1.807, 2.05) is 0 Å². The number of carbonyl (C=O) groups excluding carboxylic acids is 1. The summed E-state index contributed by atoms with van der Waals surface area (Å²) in [6.45, 7) is 1.28. The number of halogens is 6. The van der Waals surface area contributed by atoms with Crippen molar-refractivity contribution in [1.82, 2.24) is 20.0 Å². The average molecular weight is 541 g/mol. The van der Waals surface area contributed by atoms with Gasteiger partial charge in [-0.05, 0) is 37.3 Å². The first-order valence-electron chi connectivity index (χ1n) is 11.2. The molecule has 4 aromatic rings. The van der Waals surface area contributed by atoms with Crippen LogP contribution in [0.25, 0.3) is 33.7 Å². The van der Waals surface area contributed by atoms with Crippen molar-refractivity contribution in [1.29, 1.82) is 0 Å². The van der Waals surface area contributed by atoms with Crippen LogP contribution in [0.15, 0.2) is 53.2 Å². The number of benzene rings is 2. The third-order valence-corrected chi connectivity index (χ3v) is 5.56. The number of nitrogens with one attached hydrogen (secondary N) is 1. The number of nitrogens with two attached hydrogens (primary N) is 1. The van der Waals surface area contributed by atoms with Crippen molar-refractivity contribution in [3.63, 3.8) is 0 Å². The summed E-state index contributed by atoms with van der Waals surface area (Å²) in [5.41, 5.74) is 4.98. The van der Waals surface area contributed by atoms with Gasteiger partial charge in [-0.3, -0.25) is 4.79 Å². The van der Waals surface area contributed by atoms with Gasteiger partial charge in [0.15, 0.2) is 6.10 Å². The molecular weight excluding hydrogens is 520 g/mol. The second-order valence-corrected chi connectivity index (χ2v) is 8.25. The van der Waals surface area contributed by atoms with E-state index < -0.39 is 29.8 Å². The van der Waals surface area contributed by atoms with Gasteiger partial charge in [0, 0.05) is 41.3 Å². The number of fused-ring (bicyclic) bond motifs is 1. The number of hydrogen-bond donors (Lipinski definition) is 2. The summed E-state index contributed by atoms with van der Waals surface area (Å²) in [7, 11) is 0. The highest BCUT2D eigenvalue weighted by atomic mass is 19.4. The molecule has 0 unspecified atom stereocenters. The molecule has 0 saturated carbocycles. The van der Waals surface area contributed by atoms with Crippen molar-refractivity contribution in [2.24, 2.45) is 5.73 Å². The van der Waals surface area contributed by atoms with E-state index in [2.05, 4.69) is 20.2 Å². The minimum atomic E-state index is -5.01. The molecule has 0 radical (unpaired) electrons. The first-order chi connectivity index (χ1) is 17.9. The molecule has 2 heterocycles. The highest BCUT2D eigenvalue weighted by molar-refractivity contribution is 5.94. The minimum absolute atomic E-state index is 0.0338. The van der Waals surface area contributed by atoms with Crippen LogP contribution in [0.4, 0.5) is 26.3 Å². The lowest BCUT2D eigenvalue weighted by atomic mass is 10.1. The molecule has 3 N–H and O–H groups in total. The largest absolute Gasteiger partial charge is 0.481 e. The van der Waals surface area contributed by atoms with Gasteiger partial charge in [0.25, 0.3) is 5.89 Å². The third-order valence-electron chi connectivity index (χ3n) is 5.56. The van der Waals surface area contributed by atoms with E-state index >= 15 is 0 Å². The van der Waals surface area contributed by atoms with Crippen LogP contribution < -0.4 is 15.8 Å². The van der Waals surface area contributed by atoms with Crippen molar-refractivity contribution in [2.75, 3.05) is 13.1 Å². The van der Waals surface area contributed by atoms with E-state index in [0.717, 1.165) is 12.1 Å². The molecule has 38 heavy (non-hydrogen) atoms. The molecule has 202 valence electrons. The first kappa shape index (κ1) is 27.0. The summed E-state index contributed by atoms with van der Waals surface area (Å²) in [4.78, 5) is 16.3. The van der Waals surface area contributed by atoms with Gasteiger partial charge in [-0.15, -0.1) is 0 Å². The van der Waals surface area contributed by atoms with Crippen LogP contribution in [0.5, 0.6) is 5.75 Å². The quantitative estimate of drug-likeness (QED) is 0.311. The number of rotatable bonds is 8. The molecule has 0 aliphatic rings. The zero-order valence-electron chi connectivity index (χ0n) is 19.7. The maximum Gasteiger partial charge on any atom is 0.425 e. The average Bonchev–Trinajstić information content (AvgIpc) is 3.49. The monoisotopic (exact) mass is 541 g/mol. The van der Waals surface area contributed by atoms with Crippen LogP contribution in [0.2, 0.25) is 0 Å². The van der Waals surface area contributed by atoms with Crippen molar-refractivity contribution in [3.05, 3.63) is 54.2 Å². The lowest BCUT2D eigenvalue weighted by Gasteiger charge is -2.20. The number of amides is 1. The molecule has 4 rings (SSSR count). The number of alkyl halides is 6. The summed E-state index contributed by atoms with van der Waals surface area (Å²) in [6, 6.07) is 9.33. The summed E-state index contributed by atoms with van der Waals surface area (Å²) in [6.07, 6.45) is -10.6. The van der Waals surface area contributed by atoms with Gasteiger partial charge in [-0.2, -0.15) is 31.3 Å². The van der Waals surface area contributed by atoms with E-state index in [4.69, 9.17) is 10.3 Å². The molecule has 0 spiro atoms. The van der Waals surface area contributed by atoms with E-state index in [1.165, 1.54) is 0 Å². The van der Waals surface area contributed by atoms with E-state index in [1.54, 1.807) is 35.0 Å². The normalized spacial score (nSPS) is 13.1. The Balaban J connectivity index is 1.65. The molecule has 8 nitrogen and oxygen atoms in total. The predicted octanol–water partition coefficient (Wildman–Crippen LogP) is 4.78. The van der Waals surface area contributed by atoms with Gasteiger partial charge >= 0.3 is 12.4 Å². The second-order valence-electron chi connectivity index (χ2n) is 8.25. The minimum Gasteiger partial charge on any atom is -0.481 e. The van der Waals surface area contributed by atoms with Crippen LogP contribution in [0.1, 0.15) is 12.5 Å². The molecule has 1 amide bonds. The molecule has 0 fully saturated rings. The van der Waals surface area contributed by atoms with Crippen LogP contribution in [0.3, 0.4) is 0 Å². The molecule has 14 heteroatoms. The van der Waals surface area contributed by atoms with Crippen molar-refractivity contribution in [2.45, 2.75) is 31.9 Å². The number of nitrogens with zero attached hydrogens (tertiary/aromatic N) is 3. The van der Waals surface area contributed by atoms with Gasteiger partial charge in [0.1, 0.15) is 12.3 Å². The van der Waals surface area contributed by atoms with Gasteiger partial charge in [0.2, 0.25) is 11.7 Å². The fourth-order valence-electron chi connectivity index (χ4n) is 3.67. The lowest BCUT2D eigenvalue weighted by molar-refractivity contribution is -0.191. The maximum absolute atomic E-state index is 13.6. The van der Waals surface area contributed by atoms with E-state index in [9.17, 15) is 31.1 Å². The van der Waals surface area contributed by atoms with Crippen LogP contribution >= 0.6 is 0 Å². The molecule has 0 aliphatic carbocycles. The number of hydrogen-bond acceptors (Lipinski definition) is 6. The van der Waals surface area contributed by atoms with Gasteiger partial charge in [-0.1, -0.05) is 17.3 Å². The highest BCUT2D eigenvalue weighted by Gasteiger charge is 2.41. The van der Waals surface area contributed by atoms with Gasteiger partial charge < -0.3 is 24.9 Å². The van der Waals surface area contributed by atoms with Crippen molar-refractivity contribution in [3.8, 4) is 28.6 Å². The molecule has 2 aromatic heterocycles. The van der Waals surface area contributed by atoms with E-state index in [0.29, 0.717) is 42.5 Å². The number of ether oxygens (including phenoxy) is 1. The standard InChI is InChI=1S/C24H21F6N5O3/c1-13(23(25,26)27)37-19-6-5-14(11-17(19)24(28,29)30)22-33-21(34-38-22)16-3-2-4-18-15(16)7-10-35(18)12-20(36)32-9-8-31/h2-7,10-11,13H,8-9,12,31H2,1H3,(H,32,36)/t13-/m0/s1. The fraction of sp³-hybridized carbons (Fsp3) is 0.292. The molecule has 0 aliphatic heterocycles. The Morgan fingerprint density at radius 2 is 1.92 bits per heavy atom. The third kappa shape index (κ3) is 5.74. The molecule has 1 atom stereocenters. The smallest absolute Gasteiger partial charge is 0.425 e. The topological polar surface area (TPSA) is 108 Å². The summed E-state index contributed by atoms with van der Waals surface area (Å²) in [5.74, 6) is -1.43. The summed E-state index contributed by atoms with van der Waals surface area (Å²) in [5, 5.41) is 7.20. The Morgan fingerprint density at radius 3 is 2.61 bits per heavy atom. The van der Waals surface area contributed by atoms with Crippen molar-refractivity contribution < 1.29 is 40.4 Å². The number of carbonyl (C=O) groups is 1. The Morgan fingerprint density at radius 1 is 1.16 bits per heavy atom. The molecule has 2 aromatic carbocycles. The maximum atomic E-state index is 13.6. The van der Waals surface area contributed by atoms with Gasteiger partial charge in [0.05, 0.1) is 5.56 Å². The van der Waals surface area contributed by atoms with Gasteiger partial charge in [-0.25, -0.2) is 0 Å². The molecule has 0 saturated heterocycles. The Kier molecular flexibility index (Phi) is 7.35. The Hall–Kier alpha value is -4.07. The predicted molar refractivity (Wildman–Crippen MR) is 124 cm³/mol. The van der Waals surface area contributed by atoms with Crippen LogP contribution in [-0.4, -0.2) is 46.0 Å². The highest BCUT2D eigenvalue weighted by Crippen LogP contribution is 2.40. The number of aromatic nitrogens is 3. The summed E-state index contributed by atoms with van der Waals surface area (Å²) < 4.78 is 90.8. The zero-order valence-corrected chi connectivity index (χ0v) is 19.7. The lowest BCUT2D eigenvalue weighted by Crippen LogP contribution is -2.31. The van der Waals surface area contributed by atoms with Crippen LogP contribution in [-0.2, 0) is 17.5 Å².